The van der Waals surface area contributed by atoms with E-state index in [-0.39, 0.29) is 12.5 Å². The molecule has 0 unspecified atom stereocenters. The molecule has 1 aromatic rings. The van der Waals surface area contributed by atoms with Crippen LogP contribution in [0.4, 0.5) is 0 Å². The van der Waals surface area contributed by atoms with Gasteiger partial charge in [-0.25, -0.2) is 0 Å². The summed E-state index contributed by atoms with van der Waals surface area (Å²) in [5, 5.41) is 9.08. The van der Waals surface area contributed by atoms with Gasteiger partial charge < -0.3 is 10.0 Å². The van der Waals surface area contributed by atoms with Crippen LogP contribution in [0.3, 0.4) is 0 Å². The van der Waals surface area contributed by atoms with E-state index in [1.807, 2.05) is 29.2 Å². The van der Waals surface area contributed by atoms with Gasteiger partial charge in [0.15, 0.2) is 0 Å². The second-order valence-corrected chi connectivity index (χ2v) is 5.02. The number of alkyl halides is 1. The number of likely N-dealkylation sites (tertiary alicyclic amines) is 1. The van der Waals surface area contributed by atoms with Crippen molar-refractivity contribution in [1.82, 2.24) is 4.90 Å². The van der Waals surface area contributed by atoms with Gasteiger partial charge in [0.2, 0.25) is 0 Å². The number of halogens is 1. The van der Waals surface area contributed by atoms with Crippen LogP contribution in [0.15, 0.2) is 24.3 Å². The smallest absolute Gasteiger partial charge is 0.253 e. The highest BCUT2D eigenvalue weighted by Gasteiger charge is 2.23. The van der Waals surface area contributed by atoms with Crippen LogP contribution < -0.4 is 0 Å². The largest absolute Gasteiger partial charge is 0.396 e. The standard InChI is InChI=1S/C14H18ClNO2/c15-9-12-2-1-3-13(8-12)14(18)16-6-4-11(10-17)5-7-16/h1-3,8,11,17H,4-7,9-10H2. The van der Waals surface area contributed by atoms with Crippen molar-refractivity contribution in [3.8, 4) is 0 Å². The number of piperidine rings is 1. The molecule has 4 heteroatoms. The van der Waals surface area contributed by atoms with E-state index in [0.29, 0.717) is 17.4 Å². The molecule has 1 saturated heterocycles. The summed E-state index contributed by atoms with van der Waals surface area (Å²) < 4.78 is 0. The molecule has 0 aliphatic carbocycles. The summed E-state index contributed by atoms with van der Waals surface area (Å²) >= 11 is 5.77. The first kappa shape index (κ1) is 13.4. The molecule has 0 radical (unpaired) electrons. The average Bonchev–Trinajstić information content (AvgIpc) is 2.46. The van der Waals surface area contributed by atoms with Gasteiger partial charge in [-0.15, -0.1) is 11.6 Å². The molecule has 1 amide bonds. The number of amides is 1. The molecule has 2 rings (SSSR count). The molecule has 1 aromatic carbocycles. The Bertz CT molecular complexity index is 414. The van der Waals surface area contributed by atoms with Gasteiger partial charge in [0.1, 0.15) is 0 Å². The number of nitrogens with zero attached hydrogens (tertiary/aromatic N) is 1. The van der Waals surface area contributed by atoms with Crippen LogP contribution in [0, 0.1) is 5.92 Å². The van der Waals surface area contributed by atoms with Crippen molar-refractivity contribution in [2.45, 2.75) is 18.7 Å². The van der Waals surface area contributed by atoms with Crippen molar-refractivity contribution in [3.63, 3.8) is 0 Å². The zero-order chi connectivity index (χ0) is 13.0. The topological polar surface area (TPSA) is 40.5 Å². The van der Waals surface area contributed by atoms with Crippen LogP contribution in [0.5, 0.6) is 0 Å². The molecule has 0 saturated carbocycles. The molecule has 1 fully saturated rings. The van der Waals surface area contributed by atoms with E-state index in [1.54, 1.807) is 0 Å². The van der Waals surface area contributed by atoms with E-state index in [9.17, 15) is 4.79 Å². The number of aliphatic hydroxyl groups is 1. The Morgan fingerprint density at radius 3 is 2.72 bits per heavy atom. The SMILES string of the molecule is O=C(c1cccc(CCl)c1)N1CCC(CO)CC1. The molecule has 1 aliphatic rings. The van der Waals surface area contributed by atoms with E-state index < -0.39 is 0 Å². The van der Waals surface area contributed by atoms with Gasteiger partial charge in [-0.1, -0.05) is 12.1 Å². The van der Waals surface area contributed by atoms with Gasteiger partial charge in [-0.2, -0.15) is 0 Å². The van der Waals surface area contributed by atoms with Gasteiger partial charge in [-0.3, -0.25) is 4.79 Å². The van der Waals surface area contributed by atoms with Crippen molar-refractivity contribution in [2.24, 2.45) is 5.92 Å². The summed E-state index contributed by atoms with van der Waals surface area (Å²) in [6, 6.07) is 7.47. The van der Waals surface area contributed by atoms with Crippen molar-refractivity contribution in [3.05, 3.63) is 35.4 Å². The molecule has 3 nitrogen and oxygen atoms in total. The van der Waals surface area contributed by atoms with Crippen molar-refractivity contribution >= 4 is 17.5 Å². The maximum atomic E-state index is 12.3. The Labute approximate surface area is 112 Å². The molecular formula is C14H18ClNO2. The maximum absolute atomic E-state index is 12.3. The Hall–Kier alpha value is -1.06. The summed E-state index contributed by atoms with van der Waals surface area (Å²) in [7, 11) is 0. The van der Waals surface area contributed by atoms with E-state index in [4.69, 9.17) is 16.7 Å². The Kier molecular flexibility index (Phi) is 4.61. The minimum Gasteiger partial charge on any atom is -0.396 e. The number of carbonyl (C=O) groups is 1. The lowest BCUT2D eigenvalue weighted by Crippen LogP contribution is -2.39. The molecular weight excluding hydrogens is 250 g/mol. The molecule has 0 bridgehead atoms. The second-order valence-electron chi connectivity index (χ2n) is 4.75. The fourth-order valence-corrected chi connectivity index (χ4v) is 2.45. The third-order valence-corrected chi connectivity index (χ3v) is 3.80. The third-order valence-electron chi connectivity index (χ3n) is 3.49. The molecule has 1 aliphatic heterocycles. The molecule has 0 aromatic heterocycles. The number of hydrogen-bond donors (Lipinski definition) is 1. The normalized spacial score (nSPS) is 16.9. The van der Waals surface area contributed by atoms with Crippen molar-refractivity contribution in [1.29, 1.82) is 0 Å². The minimum atomic E-state index is 0.0679. The molecule has 0 spiro atoms. The van der Waals surface area contributed by atoms with Crippen LogP contribution >= 0.6 is 11.6 Å². The zero-order valence-electron chi connectivity index (χ0n) is 10.3. The Balaban J connectivity index is 2.03. The number of hydrogen-bond acceptors (Lipinski definition) is 2. The summed E-state index contributed by atoms with van der Waals surface area (Å²) in [5.41, 5.74) is 1.67. The molecule has 1 N–H and O–H groups in total. The van der Waals surface area contributed by atoms with Gasteiger partial charge >= 0.3 is 0 Å². The summed E-state index contributed by atoms with van der Waals surface area (Å²) in [5.74, 6) is 0.842. The van der Waals surface area contributed by atoms with Gasteiger partial charge in [0.25, 0.3) is 5.91 Å². The van der Waals surface area contributed by atoms with Crippen LogP contribution in [-0.4, -0.2) is 35.6 Å². The first-order chi connectivity index (χ1) is 8.74. The first-order valence-electron chi connectivity index (χ1n) is 6.29. The van der Waals surface area contributed by atoms with E-state index in [1.165, 1.54) is 0 Å². The number of aliphatic hydroxyl groups excluding tert-OH is 1. The predicted octanol–water partition coefficient (Wildman–Crippen LogP) is 2.27. The Morgan fingerprint density at radius 2 is 2.11 bits per heavy atom. The van der Waals surface area contributed by atoms with Crippen LogP contribution in [-0.2, 0) is 5.88 Å². The maximum Gasteiger partial charge on any atom is 0.253 e. The summed E-state index contributed by atoms with van der Waals surface area (Å²) in [4.78, 5) is 14.1. The van der Waals surface area contributed by atoms with Crippen LogP contribution in [0.1, 0.15) is 28.8 Å². The van der Waals surface area contributed by atoms with Crippen LogP contribution in [0.2, 0.25) is 0 Å². The van der Waals surface area contributed by atoms with Gasteiger partial charge in [0.05, 0.1) is 0 Å². The molecule has 1 heterocycles. The lowest BCUT2D eigenvalue weighted by atomic mass is 9.97. The zero-order valence-corrected chi connectivity index (χ0v) is 11.1. The van der Waals surface area contributed by atoms with E-state index in [2.05, 4.69) is 0 Å². The minimum absolute atomic E-state index is 0.0679. The fraction of sp³-hybridized carbons (Fsp3) is 0.500. The number of carbonyl (C=O) groups excluding carboxylic acids is 1. The fourth-order valence-electron chi connectivity index (χ4n) is 2.29. The molecule has 18 heavy (non-hydrogen) atoms. The molecule has 0 atom stereocenters. The highest BCUT2D eigenvalue weighted by atomic mass is 35.5. The van der Waals surface area contributed by atoms with Crippen LogP contribution in [0.25, 0.3) is 0 Å². The monoisotopic (exact) mass is 267 g/mol. The van der Waals surface area contributed by atoms with Gasteiger partial charge in [0, 0.05) is 31.1 Å². The Morgan fingerprint density at radius 1 is 1.39 bits per heavy atom. The van der Waals surface area contributed by atoms with Crippen molar-refractivity contribution in [2.75, 3.05) is 19.7 Å². The quantitative estimate of drug-likeness (QED) is 0.854. The third kappa shape index (κ3) is 3.03. The lowest BCUT2D eigenvalue weighted by Gasteiger charge is -2.31. The summed E-state index contributed by atoms with van der Waals surface area (Å²) in [6.07, 6.45) is 1.77. The number of rotatable bonds is 3. The predicted molar refractivity (Wildman–Crippen MR) is 71.7 cm³/mol. The highest BCUT2D eigenvalue weighted by molar-refractivity contribution is 6.17. The molecule has 98 valence electrons. The highest BCUT2D eigenvalue weighted by Crippen LogP contribution is 2.19. The second kappa shape index (κ2) is 6.21. The van der Waals surface area contributed by atoms with Crippen molar-refractivity contribution < 1.29 is 9.90 Å². The lowest BCUT2D eigenvalue weighted by molar-refractivity contribution is 0.0651. The average molecular weight is 268 g/mol. The first-order valence-corrected chi connectivity index (χ1v) is 6.83. The van der Waals surface area contributed by atoms with E-state index >= 15 is 0 Å². The van der Waals surface area contributed by atoms with Gasteiger partial charge in [-0.05, 0) is 36.5 Å². The number of benzene rings is 1. The van der Waals surface area contributed by atoms with E-state index in [0.717, 1.165) is 31.5 Å². The summed E-state index contributed by atoms with van der Waals surface area (Å²) in [6.45, 7) is 1.69.